The van der Waals surface area contributed by atoms with Crippen molar-refractivity contribution in [2.45, 2.75) is 25.7 Å². The van der Waals surface area contributed by atoms with Crippen LogP contribution >= 0.6 is 0 Å². The maximum absolute atomic E-state index is 7.35. The second kappa shape index (κ2) is 12.8. The molecule has 6 N–H and O–H groups in total. The largest absolute Gasteiger partial charge is 0.330 e. The Morgan fingerprint density at radius 1 is 0.929 bits per heavy atom. The van der Waals surface area contributed by atoms with Crippen LogP contribution in [0.2, 0.25) is 2.82 Å². The molecule has 0 fully saturated rings. The lowest BCUT2D eigenvalue weighted by atomic mass is 10.3. The molecule has 86 valence electrons. The Morgan fingerprint density at radius 3 is 2.07 bits per heavy atom. The van der Waals surface area contributed by atoms with Gasteiger partial charge in [-0.1, -0.05) is 0 Å². The normalized spacial score (nSPS) is 16.1. The summed E-state index contributed by atoms with van der Waals surface area (Å²) in [7, 11) is 0. The molecule has 0 unspecified atom stereocenters. The van der Waals surface area contributed by atoms with Crippen LogP contribution in [0.25, 0.3) is 0 Å². The maximum atomic E-state index is 7.35. The molecule has 0 rings (SSSR count). The van der Waals surface area contributed by atoms with Crippen molar-refractivity contribution < 1.29 is 5.57 Å². The summed E-state index contributed by atoms with van der Waals surface area (Å²) in [4.78, 5) is 0. The van der Waals surface area contributed by atoms with Crippen LogP contribution in [0.4, 0.5) is 0 Å². The van der Waals surface area contributed by atoms with Crippen LogP contribution < -0.4 is 22.1 Å². The number of nitrogens with one attached hydrogen (secondary N) is 2. The van der Waals surface area contributed by atoms with E-state index in [-0.39, 0.29) is 12.1 Å². The molecule has 0 saturated heterocycles. The minimum absolute atomic E-state index is 0.121. The highest BCUT2D eigenvalue weighted by molar-refractivity contribution is 4.52. The first-order valence-corrected chi connectivity index (χ1v) is 5.40. The maximum Gasteiger partial charge on any atom is 0.118 e. The first-order valence-electron chi connectivity index (χ1n) is 7.29. The van der Waals surface area contributed by atoms with Crippen molar-refractivity contribution in [3.05, 3.63) is 0 Å². The van der Waals surface area contributed by atoms with E-state index >= 15 is 0 Å². The van der Waals surface area contributed by atoms with Crippen LogP contribution in [0.3, 0.4) is 0 Å². The average Bonchev–Trinajstić information content (AvgIpc) is 2.31. The van der Waals surface area contributed by atoms with E-state index in [9.17, 15) is 0 Å². The first kappa shape index (κ1) is 8.05. The fourth-order valence-electron chi connectivity index (χ4n) is 1.12. The summed E-state index contributed by atoms with van der Waals surface area (Å²) < 4.78 is 28.5. The Labute approximate surface area is 93.5 Å². The third-order valence-corrected chi connectivity index (χ3v) is 1.93. The van der Waals surface area contributed by atoms with Crippen molar-refractivity contribution in [1.82, 2.24) is 10.6 Å². The molecule has 0 aromatic rings. The van der Waals surface area contributed by atoms with Gasteiger partial charge in [-0.2, -0.15) is 0 Å². The molecule has 4 heteroatoms. The zero-order chi connectivity index (χ0) is 13.9. The monoisotopic (exact) mass is 206 g/mol. The standard InChI is InChI=1S/C10H26N4/c11-5-3-9-13-7-1-2-8-14-10-4-6-12/h13-14H,1-12H2/i5D2/hD2. The van der Waals surface area contributed by atoms with Gasteiger partial charge in [0, 0.05) is 2.74 Å². The Hall–Kier alpha value is -0.160. The predicted octanol–water partition coefficient (Wildman–Crippen LogP) is -0.357. The Morgan fingerprint density at radius 2 is 1.50 bits per heavy atom. The zero-order valence-corrected chi connectivity index (χ0v) is 8.89. The van der Waals surface area contributed by atoms with Gasteiger partial charge in [0.05, 0.1) is 0 Å². The fraction of sp³-hybridized carbons (Fsp3) is 1.00. The van der Waals surface area contributed by atoms with Crippen LogP contribution in [0, 0.1) is 0 Å². The number of rotatable bonds is 12. The van der Waals surface area contributed by atoms with E-state index < -0.39 is 6.50 Å². The highest BCUT2D eigenvalue weighted by Crippen LogP contribution is 1.84. The van der Waals surface area contributed by atoms with E-state index in [1.165, 1.54) is 0 Å². The molecule has 0 aliphatic rings. The van der Waals surface area contributed by atoms with Crippen LogP contribution in [-0.4, -0.2) is 39.2 Å². The fourth-order valence-corrected chi connectivity index (χ4v) is 1.12. The molecule has 0 radical (unpaired) electrons. The molecule has 4 nitrogen and oxygen atoms in total. The van der Waals surface area contributed by atoms with E-state index in [1.54, 1.807) is 0 Å². The summed E-state index contributed by atoms with van der Waals surface area (Å²) in [6.07, 6.45) is 3.26. The molecule has 0 bridgehead atoms. The highest BCUT2D eigenvalue weighted by atomic mass is 14.9. The van der Waals surface area contributed by atoms with E-state index in [2.05, 4.69) is 10.6 Å². The number of unbranched alkanes of at least 4 members (excludes halogenated alkanes) is 1. The Bertz CT molecular complexity index is 193. The predicted molar refractivity (Wildman–Crippen MR) is 62.3 cm³/mol. The molecule has 14 heavy (non-hydrogen) atoms. The molecule has 0 spiro atoms. The summed E-state index contributed by atoms with van der Waals surface area (Å²) >= 11 is 0. The van der Waals surface area contributed by atoms with Gasteiger partial charge in [0.2, 0.25) is 0 Å². The minimum Gasteiger partial charge on any atom is -0.330 e. The van der Waals surface area contributed by atoms with Crippen molar-refractivity contribution in [1.29, 1.82) is 0 Å². The van der Waals surface area contributed by atoms with Crippen LogP contribution in [0.5, 0.6) is 0 Å². The summed E-state index contributed by atoms with van der Waals surface area (Å²) in [6, 6.07) is 0. The quantitative estimate of drug-likeness (QED) is 0.329. The van der Waals surface area contributed by atoms with Gasteiger partial charge >= 0.3 is 0 Å². The molecule has 0 saturated carbocycles. The van der Waals surface area contributed by atoms with E-state index in [4.69, 9.17) is 11.3 Å². The van der Waals surface area contributed by atoms with Crippen molar-refractivity contribution in [3.8, 4) is 0 Å². The van der Waals surface area contributed by atoms with Gasteiger partial charge in [0.15, 0.2) is 0 Å². The molecule has 0 aromatic carbocycles. The molecule has 0 amide bonds. The second-order valence-electron chi connectivity index (χ2n) is 3.26. The van der Waals surface area contributed by atoms with Crippen LogP contribution in [-0.2, 0) is 0 Å². The van der Waals surface area contributed by atoms with Gasteiger partial charge in [-0.25, -0.2) is 0 Å². The number of hydrogen-bond acceptors (Lipinski definition) is 4. The lowest BCUT2D eigenvalue weighted by Gasteiger charge is -2.04. The van der Waals surface area contributed by atoms with Crippen molar-refractivity contribution in [3.63, 3.8) is 0 Å². The van der Waals surface area contributed by atoms with Crippen molar-refractivity contribution in [2.24, 2.45) is 11.5 Å². The third kappa shape index (κ3) is 11.8. The van der Waals surface area contributed by atoms with E-state index in [0.717, 1.165) is 45.4 Å². The molecule has 0 heterocycles. The Balaban J connectivity index is 3.21. The minimum atomic E-state index is -1.88. The van der Waals surface area contributed by atoms with Gasteiger partial charge in [-0.15, -0.1) is 0 Å². The zero-order valence-electron chi connectivity index (χ0n) is 12.9. The summed E-state index contributed by atoms with van der Waals surface area (Å²) in [5.41, 5.74) is 5.49. The SMILES string of the molecule is [2H]N([2H])C([2H])([2H])CCNCCCCNCCCN. The highest BCUT2D eigenvalue weighted by Gasteiger charge is 1.89. The lowest BCUT2D eigenvalue weighted by Crippen LogP contribution is -2.22. The van der Waals surface area contributed by atoms with Gasteiger partial charge < -0.3 is 22.1 Å². The van der Waals surface area contributed by atoms with Gasteiger partial charge in [-0.3, -0.25) is 0 Å². The summed E-state index contributed by atoms with van der Waals surface area (Å²) in [6.45, 7) is 2.12. The number of hydrogen-bond donors (Lipinski definition) is 4. The molecular weight excluding hydrogens is 176 g/mol. The second-order valence-corrected chi connectivity index (χ2v) is 3.26. The van der Waals surface area contributed by atoms with Crippen LogP contribution in [0.1, 0.15) is 28.4 Å². The van der Waals surface area contributed by atoms with Gasteiger partial charge in [0.1, 0.15) is 2.82 Å². The molecule has 0 aliphatic heterocycles. The first-order chi connectivity index (χ1) is 8.50. The number of nitrogens with two attached hydrogens (primary N) is 2. The van der Waals surface area contributed by atoms with E-state index in [0.29, 0.717) is 6.54 Å². The van der Waals surface area contributed by atoms with Gasteiger partial charge in [0.25, 0.3) is 0 Å². The van der Waals surface area contributed by atoms with Crippen LogP contribution in [0.15, 0.2) is 0 Å². The average molecular weight is 206 g/mol. The molecule has 0 aromatic heterocycles. The summed E-state index contributed by atoms with van der Waals surface area (Å²) in [5.74, 6) is 0. The molecule has 0 aliphatic carbocycles. The summed E-state index contributed by atoms with van der Waals surface area (Å²) in [5, 5.41) is 6.41. The topological polar surface area (TPSA) is 76.1 Å². The van der Waals surface area contributed by atoms with Crippen molar-refractivity contribution in [2.75, 3.05) is 39.2 Å². The van der Waals surface area contributed by atoms with Crippen molar-refractivity contribution >= 4 is 0 Å². The molecular formula is C10H26N4. The third-order valence-electron chi connectivity index (χ3n) is 1.93. The molecule has 0 atom stereocenters. The smallest absolute Gasteiger partial charge is 0.118 e. The van der Waals surface area contributed by atoms with Gasteiger partial charge in [-0.05, 0) is 64.9 Å². The van der Waals surface area contributed by atoms with E-state index in [1.807, 2.05) is 0 Å². The lowest BCUT2D eigenvalue weighted by molar-refractivity contribution is 0.570. The Kier molecular flexibility index (Phi) is 7.38.